The van der Waals surface area contributed by atoms with Crippen LogP contribution in [0.15, 0.2) is 36.4 Å². The molecule has 1 N–H and O–H groups in total. The summed E-state index contributed by atoms with van der Waals surface area (Å²) in [4.78, 5) is 16.8. The van der Waals surface area contributed by atoms with Crippen LogP contribution in [0.5, 0.6) is 17.2 Å². The van der Waals surface area contributed by atoms with Gasteiger partial charge in [-0.15, -0.1) is 0 Å². The van der Waals surface area contributed by atoms with Crippen molar-refractivity contribution >= 4 is 44.2 Å². The Hall–Kier alpha value is -2.51. The van der Waals surface area contributed by atoms with E-state index in [0.717, 1.165) is 4.70 Å². The number of aromatic nitrogens is 1. The van der Waals surface area contributed by atoms with E-state index in [1.54, 1.807) is 51.5 Å². The fourth-order valence-corrected chi connectivity index (χ4v) is 3.29. The zero-order valence-corrected chi connectivity index (χ0v) is 16.0. The van der Waals surface area contributed by atoms with Crippen molar-refractivity contribution < 1.29 is 19.0 Å². The zero-order chi connectivity index (χ0) is 18.7. The first-order valence-corrected chi connectivity index (χ1v) is 8.95. The predicted molar refractivity (Wildman–Crippen MR) is 103 cm³/mol. The van der Waals surface area contributed by atoms with Gasteiger partial charge in [0.2, 0.25) is 0 Å². The molecule has 8 heteroatoms. The van der Waals surface area contributed by atoms with Crippen molar-refractivity contribution in [3.05, 3.63) is 41.4 Å². The molecule has 1 heterocycles. The van der Waals surface area contributed by atoms with Crippen molar-refractivity contribution in [3.63, 3.8) is 0 Å². The largest absolute Gasteiger partial charge is 0.493 e. The first-order valence-electron chi connectivity index (χ1n) is 7.76. The molecule has 0 fully saturated rings. The molecule has 1 aromatic heterocycles. The third kappa shape index (κ3) is 4.00. The lowest BCUT2D eigenvalue weighted by atomic mass is 10.3. The Labute approximate surface area is 159 Å². The van der Waals surface area contributed by atoms with E-state index in [4.69, 9.17) is 25.8 Å². The van der Waals surface area contributed by atoms with E-state index in [2.05, 4.69) is 10.3 Å². The average molecular weight is 393 g/mol. The summed E-state index contributed by atoms with van der Waals surface area (Å²) in [7, 11) is 3.14. The Balaban J connectivity index is 1.73. The minimum absolute atomic E-state index is 0.294. The molecule has 1 amide bonds. The Morgan fingerprint density at radius 1 is 1.15 bits per heavy atom. The molecule has 3 aromatic rings. The number of thiazole rings is 1. The third-order valence-corrected chi connectivity index (χ3v) is 4.81. The summed E-state index contributed by atoms with van der Waals surface area (Å²) < 4.78 is 17.1. The van der Waals surface area contributed by atoms with Crippen molar-refractivity contribution in [2.24, 2.45) is 0 Å². The molecule has 1 atom stereocenters. The van der Waals surface area contributed by atoms with Crippen molar-refractivity contribution in [3.8, 4) is 17.2 Å². The molecule has 0 aliphatic heterocycles. The number of ether oxygens (including phenoxy) is 3. The lowest BCUT2D eigenvalue weighted by Crippen LogP contribution is -2.30. The smallest absolute Gasteiger partial charge is 0.266 e. The standard InChI is InChI=1S/C18H17ClN2O4S/c1-10(25-12-6-4-11(19)5-7-12)17(22)21-18-20-13-8-14(23-2)15(24-3)9-16(13)26-18/h4-10H,1-3H3,(H,20,21,22). The van der Waals surface area contributed by atoms with Crippen LogP contribution in [-0.4, -0.2) is 31.2 Å². The molecule has 0 bridgehead atoms. The highest BCUT2D eigenvalue weighted by Crippen LogP contribution is 2.36. The third-order valence-electron chi connectivity index (χ3n) is 3.62. The van der Waals surface area contributed by atoms with Crippen LogP contribution in [0, 0.1) is 0 Å². The van der Waals surface area contributed by atoms with Gasteiger partial charge in [0.25, 0.3) is 5.91 Å². The maximum atomic E-state index is 12.4. The van der Waals surface area contributed by atoms with Gasteiger partial charge in [-0.25, -0.2) is 4.98 Å². The zero-order valence-electron chi connectivity index (χ0n) is 14.4. The number of nitrogens with zero attached hydrogens (tertiary/aromatic N) is 1. The Bertz CT molecular complexity index is 886. The van der Waals surface area contributed by atoms with E-state index < -0.39 is 6.10 Å². The van der Waals surface area contributed by atoms with Crippen molar-refractivity contribution in [1.29, 1.82) is 0 Å². The van der Waals surface area contributed by atoms with Crippen LogP contribution in [0.4, 0.5) is 5.13 Å². The van der Waals surface area contributed by atoms with Gasteiger partial charge in [-0.3, -0.25) is 10.1 Å². The van der Waals surface area contributed by atoms with Gasteiger partial charge in [0.1, 0.15) is 5.75 Å². The molecule has 0 aliphatic rings. The highest BCUT2D eigenvalue weighted by atomic mass is 35.5. The van der Waals surface area contributed by atoms with Gasteiger partial charge in [-0.1, -0.05) is 22.9 Å². The fraction of sp³-hybridized carbons (Fsp3) is 0.222. The van der Waals surface area contributed by atoms with Crippen molar-refractivity contribution in [2.75, 3.05) is 19.5 Å². The highest BCUT2D eigenvalue weighted by Gasteiger charge is 2.18. The number of benzene rings is 2. The summed E-state index contributed by atoms with van der Waals surface area (Å²) in [6.45, 7) is 1.67. The molecule has 136 valence electrons. The van der Waals surface area contributed by atoms with Crippen LogP contribution in [0.25, 0.3) is 10.2 Å². The van der Waals surface area contributed by atoms with Gasteiger partial charge in [-0.2, -0.15) is 0 Å². The van der Waals surface area contributed by atoms with Gasteiger partial charge in [0.05, 0.1) is 24.4 Å². The second kappa shape index (κ2) is 7.80. The monoisotopic (exact) mass is 392 g/mol. The number of amides is 1. The first-order chi connectivity index (χ1) is 12.5. The topological polar surface area (TPSA) is 69.7 Å². The number of rotatable bonds is 6. The van der Waals surface area contributed by atoms with Crippen LogP contribution in [0.2, 0.25) is 5.02 Å². The average Bonchev–Trinajstić information content (AvgIpc) is 3.03. The highest BCUT2D eigenvalue weighted by molar-refractivity contribution is 7.22. The summed E-state index contributed by atoms with van der Waals surface area (Å²) in [6, 6.07) is 10.4. The summed E-state index contributed by atoms with van der Waals surface area (Å²) in [5.41, 5.74) is 0.717. The van der Waals surface area contributed by atoms with E-state index in [9.17, 15) is 4.79 Å². The molecule has 1 unspecified atom stereocenters. The number of carbonyl (C=O) groups is 1. The SMILES string of the molecule is COc1cc2nc(NC(=O)C(C)Oc3ccc(Cl)cc3)sc2cc1OC. The number of methoxy groups -OCH3 is 2. The second-order valence-corrected chi connectivity index (χ2v) is 6.86. The maximum Gasteiger partial charge on any atom is 0.266 e. The molecule has 0 saturated carbocycles. The summed E-state index contributed by atoms with van der Waals surface area (Å²) in [5.74, 6) is 1.47. The summed E-state index contributed by atoms with van der Waals surface area (Å²) >= 11 is 7.19. The Morgan fingerprint density at radius 3 is 2.46 bits per heavy atom. The van der Waals surface area contributed by atoms with Gasteiger partial charge < -0.3 is 14.2 Å². The summed E-state index contributed by atoms with van der Waals surface area (Å²) in [6.07, 6.45) is -0.688. The molecule has 6 nitrogen and oxygen atoms in total. The molecule has 26 heavy (non-hydrogen) atoms. The van der Waals surface area contributed by atoms with E-state index >= 15 is 0 Å². The molecule has 0 spiro atoms. The number of halogens is 1. The van der Waals surface area contributed by atoms with Crippen molar-refractivity contribution in [2.45, 2.75) is 13.0 Å². The van der Waals surface area contributed by atoms with Gasteiger partial charge in [0.15, 0.2) is 22.7 Å². The van der Waals surface area contributed by atoms with Crippen LogP contribution >= 0.6 is 22.9 Å². The van der Waals surface area contributed by atoms with Crippen LogP contribution in [-0.2, 0) is 4.79 Å². The number of carbonyl (C=O) groups excluding carboxylic acids is 1. The maximum absolute atomic E-state index is 12.4. The number of nitrogens with one attached hydrogen (secondary N) is 1. The van der Waals surface area contributed by atoms with Gasteiger partial charge in [-0.05, 0) is 31.2 Å². The number of hydrogen-bond acceptors (Lipinski definition) is 6. The summed E-state index contributed by atoms with van der Waals surface area (Å²) in [5, 5.41) is 3.86. The number of fused-ring (bicyclic) bond motifs is 1. The molecule has 0 radical (unpaired) electrons. The van der Waals surface area contributed by atoms with E-state index in [1.165, 1.54) is 11.3 Å². The van der Waals surface area contributed by atoms with Crippen LogP contribution < -0.4 is 19.5 Å². The van der Waals surface area contributed by atoms with Crippen molar-refractivity contribution in [1.82, 2.24) is 4.98 Å². The molecule has 0 saturated heterocycles. The molecule has 2 aromatic carbocycles. The minimum atomic E-state index is -0.688. The molecule has 0 aliphatic carbocycles. The quantitative estimate of drug-likeness (QED) is 0.674. The fourth-order valence-electron chi connectivity index (χ4n) is 2.29. The first kappa shape index (κ1) is 18.3. The Morgan fingerprint density at radius 2 is 1.81 bits per heavy atom. The predicted octanol–water partition coefficient (Wildman–Crippen LogP) is 4.37. The lowest BCUT2D eigenvalue weighted by Gasteiger charge is -2.13. The van der Waals surface area contributed by atoms with E-state index in [1.807, 2.05) is 6.07 Å². The van der Waals surface area contributed by atoms with Crippen LogP contribution in [0.1, 0.15) is 6.92 Å². The van der Waals surface area contributed by atoms with Gasteiger partial charge in [0, 0.05) is 17.2 Å². The lowest BCUT2D eigenvalue weighted by molar-refractivity contribution is -0.122. The van der Waals surface area contributed by atoms with E-state index in [0.29, 0.717) is 32.9 Å². The van der Waals surface area contributed by atoms with Gasteiger partial charge >= 0.3 is 0 Å². The molecular weight excluding hydrogens is 376 g/mol. The number of hydrogen-bond donors (Lipinski definition) is 1. The Kier molecular flexibility index (Phi) is 5.49. The molecular formula is C18H17ClN2O4S. The normalized spacial score (nSPS) is 11.8. The molecule has 3 rings (SSSR count). The minimum Gasteiger partial charge on any atom is -0.493 e. The van der Waals surface area contributed by atoms with Crippen LogP contribution in [0.3, 0.4) is 0 Å². The van der Waals surface area contributed by atoms with E-state index in [-0.39, 0.29) is 5.91 Å². The number of anilines is 1. The second-order valence-electron chi connectivity index (χ2n) is 5.40.